The Morgan fingerprint density at radius 2 is 1.87 bits per heavy atom. The molecule has 3 N–H and O–H groups in total. The fourth-order valence-electron chi connectivity index (χ4n) is 3.48. The van der Waals surface area contributed by atoms with E-state index in [4.69, 9.17) is 4.74 Å². The molecule has 1 amide bonds. The van der Waals surface area contributed by atoms with Crippen LogP contribution < -0.4 is 20.7 Å². The van der Waals surface area contributed by atoms with Gasteiger partial charge in [-0.25, -0.2) is 4.98 Å². The van der Waals surface area contributed by atoms with Gasteiger partial charge in [-0.15, -0.1) is 0 Å². The third-order valence-electron chi connectivity index (χ3n) is 5.10. The molecule has 0 aliphatic carbocycles. The largest absolute Gasteiger partial charge is 0.480 e. The van der Waals surface area contributed by atoms with Gasteiger partial charge in [0.25, 0.3) is 5.91 Å². The van der Waals surface area contributed by atoms with E-state index in [1.807, 2.05) is 61.5 Å². The van der Waals surface area contributed by atoms with Crippen LogP contribution in [0.2, 0.25) is 0 Å². The highest BCUT2D eigenvalue weighted by Crippen LogP contribution is 2.27. The summed E-state index contributed by atoms with van der Waals surface area (Å²) in [6.45, 7) is 4.95. The Balaban J connectivity index is 1.26. The number of hydrogen-bond donors (Lipinski definition) is 3. The van der Waals surface area contributed by atoms with Crippen LogP contribution in [-0.2, 0) is 11.2 Å². The number of benzene rings is 2. The van der Waals surface area contributed by atoms with Crippen molar-refractivity contribution in [2.24, 2.45) is 0 Å². The molecule has 1 atom stereocenters. The summed E-state index contributed by atoms with van der Waals surface area (Å²) in [7, 11) is 0. The van der Waals surface area contributed by atoms with E-state index in [1.165, 1.54) is 5.56 Å². The smallest absolute Gasteiger partial charge is 0.261 e. The number of ether oxygens (including phenoxy) is 1. The summed E-state index contributed by atoms with van der Waals surface area (Å²) in [6, 6.07) is 17.9. The predicted molar refractivity (Wildman–Crippen MR) is 122 cm³/mol. The average molecular weight is 418 g/mol. The minimum atomic E-state index is -0.449. The number of carbonyl (C=O) groups is 1. The maximum absolute atomic E-state index is 12.4. The second-order valence-corrected chi connectivity index (χ2v) is 7.68. The number of nitrogens with zero attached hydrogens (tertiary/aromatic N) is 2. The third kappa shape index (κ3) is 5.51. The molecule has 7 heteroatoms. The number of carbonyl (C=O) groups excluding carboxylic acids is 1. The fourth-order valence-corrected chi connectivity index (χ4v) is 3.48. The van der Waals surface area contributed by atoms with Gasteiger partial charge >= 0.3 is 0 Å². The van der Waals surface area contributed by atoms with Gasteiger partial charge in [0.15, 0.2) is 6.10 Å². The molecule has 4 rings (SSSR count). The molecule has 3 aromatic rings. The summed E-state index contributed by atoms with van der Waals surface area (Å²) in [5.41, 5.74) is 4.18. The zero-order chi connectivity index (χ0) is 21.6. The maximum atomic E-state index is 12.4. The summed E-state index contributed by atoms with van der Waals surface area (Å²) in [5, 5.41) is 9.40. The molecule has 0 saturated heterocycles. The zero-order valence-corrected chi connectivity index (χ0v) is 17.8. The van der Waals surface area contributed by atoms with Crippen LogP contribution in [0.1, 0.15) is 23.2 Å². The van der Waals surface area contributed by atoms with Crippen molar-refractivity contribution < 1.29 is 9.53 Å². The molecule has 1 aliphatic rings. The van der Waals surface area contributed by atoms with Crippen LogP contribution in [0, 0.1) is 13.8 Å². The van der Waals surface area contributed by atoms with Gasteiger partial charge in [-0.2, -0.15) is 4.98 Å². The lowest BCUT2D eigenvalue weighted by atomic mass is 10.0. The number of rotatable bonds is 7. The standard InChI is InChI=1S/C24H27N5O2/c1-16-7-10-19(11-8-16)28-22-15-17(2)27-24(29-22)26-14-13-25-23(30)21-12-9-18-5-3-4-6-20(18)31-21/h3-8,10-11,15,21H,9,12-14H2,1-2H3,(H,25,30)(H2,26,27,28,29). The van der Waals surface area contributed by atoms with E-state index in [0.717, 1.165) is 34.9 Å². The SMILES string of the molecule is Cc1ccc(Nc2cc(C)nc(NCCNC(=O)C3CCc4ccccc4O3)n2)cc1. The number of aryl methyl sites for hydroxylation is 3. The van der Waals surface area contributed by atoms with E-state index in [1.54, 1.807) is 0 Å². The van der Waals surface area contributed by atoms with Gasteiger partial charge in [0.1, 0.15) is 11.6 Å². The van der Waals surface area contributed by atoms with E-state index in [9.17, 15) is 4.79 Å². The third-order valence-corrected chi connectivity index (χ3v) is 5.10. The highest BCUT2D eigenvalue weighted by atomic mass is 16.5. The lowest BCUT2D eigenvalue weighted by Crippen LogP contribution is -2.42. The van der Waals surface area contributed by atoms with E-state index in [-0.39, 0.29) is 5.91 Å². The molecule has 0 bridgehead atoms. The Morgan fingerprint density at radius 1 is 1.06 bits per heavy atom. The number of nitrogens with one attached hydrogen (secondary N) is 3. The molecule has 1 aromatic heterocycles. The molecule has 1 aliphatic heterocycles. The summed E-state index contributed by atoms with van der Waals surface area (Å²) in [5.74, 6) is 1.95. The lowest BCUT2D eigenvalue weighted by Gasteiger charge is -2.25. The number of aromatic nitrogens is 2. The normalized spacial score (nSPS) is 14.8. The van der Waals surface area contributed by atoms with Crippen molar-refractivity contribution in [2.75, 3.05) is 23.7 Å². The van der Waals surface area contributed by atoms with Crippen molar-refractivity contribution in [3.63, 3.8) is 0 Å². The van der Waals surface area contributed by atoms with E-state index >= 15 is 0 Å². The van der Waals surface area contributed by atoms with Gasteiger partial charge in [0, 0.05) is 30.5 Å². The van der Waals surface area contributed by atoms with E-state index in [2.05, 4.69) is 32.8 Å². The summed E-state index contributed by atoms with van der Waals surface area (Å²) in [6.07, 6.45) is 1.08. The molecule has 2 heterocycles. The van der Waals surface area contributed by atoms with Gasteiger partial charge in [-0.3, -0.25) is 4.79 Å². The quantitative estimate of drug-likeness (QED) is 0.508. The maximum Gasteiger partial charge on any atom is 0.261 e. The van der Waals surface area contributed by atoms with Gasteiger partial charge in [0.05, 0.1) is 0 Å². The molecular formula is C24H27N5O2. The molecule has 7 nitrogen and oxygen atoms in total. The van der Waals surface area contributed by atoms with Crippen LogP contribution >= 0.6 is 0 Å². The minimum absolute atomic E-state index is 0.0943. The predicted octanol–water partition coefficient (Wildman–Crippen LogP) is 3.76. The summed E-state index contributed by atoms with van der Waals surface area (Å²) in [4.78, 5) is 21.4. The lowest BCUT2D eigenvalue weighted by molar-refractivity contribution is -0.128. The Hall–Kier alpha value is -3.61. The van der Waals surface area contributed by atoms with Gasteiger partial charge in [-0.1, -0.05) is 35.9 Å². The first-order valence-corrected chi connectivity index (χ1v) is 10.5. The number of fused-ring (bicyclic) bond motifs is 1. The molecule has 0 spiro atoms. The summed E-state index contributed by atoms with van der Waals surface area (Å²) < 4.78 is 5.84. The minimum Gasteiger partial charge on any atom is -0.480 e. The zero-order valence-electron chi connectivity index (χ0n) is 17.8. The molecule has 0 saturated carbocycles. The van der Waals surface area contributed by atoms with Crippen LogP contribution in [-0.4, -0.2) is 35.1 Å². The first kappa shape index (κ1) is 20.7. The molecule has 0 fully saturated rings. The molecule has 1 unspecified atom stereocenters. The molecule has 160 valence electrons. The van der Waals surface area contributed by atoms with E-state index in [0.29, 0.717) is 25.5 Å². The Labute approximate surface area is 182 Å². The molecule has 2 aromatic carbocycles. The number of para-hydroxylation sites is 1. The van der Waals surface area contributed by atoms with Crippen molar-refractivity contribution in [1.29, 1.82) is 0 Å². The second kappa shape index (κ2) is 9.47. The first-order chi connectivity index (χ1) is 15.1. The topological polar surface area (TPSA) is 88.2 Å². The van der Waals surface area contributed by atoms with Gasteiger partial charge < -0.3 is 20.7 Å². The van der Waals surface area contributed by atoms with Crippen LogP contribution in [0.4, 0.5) is 17.5 Å². The van der Waals surface area contributed by atoms with Gasteiger partial charge in [0.2, 0.25) is 5.95 Å². The van der Waals surface area contributed by atoms with Crippen molar-refractivity contribution in [3.8, 4) is 5.75 Å². The van der Waals surface area contributed by atoms with Crippen LogP contribution in [0.3, 0.4) is 0 Å². The van der Waals surface area contributed by atoms with Crippen molar-refractivity contribution in [3.05, 3.63) is 71.4 Å². The Bertz CT molecular complexity index is 1050. The second-order valence-electron chi connectivity index (χ2n) is 7.68. The van der Waals surface area contributed by atoms with Crippen LogP contribution in [0.5, 0.6) is 5.75 Å². The highest BCUT2D eigenvalue weighted by molar-refractivity contribution is 5.81. The Kier molecular flexibility index (Phi) is 6.31. The van der Waals surface area contributed by atoms with Crippen LogP contribution in [0.25, 0.3) is 0 Å². The highest BCUT2D eigenvalue weighted by Gasteiger charge is 2.25. The molecule has 31 heavy (non-hydrogen) atoms. The number of amides is 1. The average Bonchev–Trinajstić information content (AvgIpc) is 2.77. The first-order valence-electron chi connectivity index (χ1n) is 10.5. The number of anilines is 3. The van der Waals surface area contributed by atoms with E-state index < -0.39 is 6.10 Å². The molecular weight excluding hydrogens is 390 g/mol. The van der Waals surface area contributed by atoms with Crippen molar-refractivity contribution in [2.45, 2.75) is 32.8 Å². The van der Waals surface area contributed by atoms with Crippen molar-refractivity contribution in [1.82, 2.24) is 15.3 Å². The molecule has 0 radical (unpaired) electrons. The Morgan fingerprint density at radius 3 is 2.71 bits per heavy atom. The van der Waals surface area contributed by atoms with Crippen LogP contribution in [0.15, 0.2) is 54.6 Å². The van der Waals surface area contributed by atoms with Crippen molar-refractivity contribution >= 4 is 23.4 Å². The monoisotopic (exact) mass is 417 g/mol. The number of hydrogen-bond acceptors (Lipinski definition) is 6. The van der Waals surface area contributed by atoms with Gasteiger partial charge in [-0.05, 0) is 50.5 Å². The fraction of sp³-hybridized carbons (Fsp3) is 0.292. The summed E-state index contributed by atoms with van der Waals surface area (Å²) >= 11 is 0.